The molecule has 0 heterocycles. The zero-order valence-electron chi connectivity index (χ0n) is 37.1. The lowest BCUT2D eigenvalue weighted by atomic mass is 9.66. The highest BCUT2D eigenvalue weighted by atomic mass is 14.5. The topological polar surface area (TPSA) is 0 Å². The molecule has 12 rings (SSSR count). The summed E-state index contributed by atoms with van der Waals surface area (Å²) in [7, 11) is 0. The van der Waals surface area contributed by atoms with Gasteiger partial charge in [-0.3, -0.25) is 0 Å². The summed E-state index contributed by atoms with van der Waals surface area (Å²) in [5.74, 6) is 0. The van der Waals surface area contributed by atoms with Crippen LogP contribution in [0.2, 0.25) is 0 Å². The first kappa shape index (κ1) is 40.0. The molecule has 67 heavy (non-hydrogen) atoms. The van der Waals surface area contributed by atoms with Crippen LogP contribution in [0, 0.1) is 0 Å². The lowest BCUT2D eigenvalue weighted by molar-refractivity contribution is 0.769. The Morgan fingerprint density at radius 2 is 0.463 bits per heavy atom. The molecule has 1 unspecified atom stereocenters. The van der Waals surface area contributed by atoms with Gasteiger partial charge >= 0.3 is 0 Å². The Bertz CT molecular complexity index is 3550. The van der Waals surface area contributed by atoms with Crippen molar-refractivity contribution < 1.29 is 0 Å². The Kier molecular flexibility index (Phi) is 10.2. The number of hydrogen-bond donors (Lipinski definition) is 0. The van der Waals surface area contributed by atoms with Crippen molar-refractivity contribution in [2.75, 3.05) is 0 Å². The lowest BCUT2D eigenvalue weighted by Crippen LogP contribution is -2.28. The first-order valence-corrected chi connectivity index (χ1v) is 23.2. The molecule has 1 aliphatic carbocycles. The zero-order valence-corrected chi connectivity index (χ0v) is 37.1. The van der Waals surface area contributed by atoms with Crippen LogP contribution < -0.4 is 0 Å². The standard InChI is InChI=1S/C67H46/c1-5-19-47(20-6-1)51-27-15-29-53(39-51)55-31-17-33-61(44-55)67(65-36-14-13-35-63(65)64-38-37-57(46-66(64)67)49-23-9-3-10-24-49)62-34-18-32-56(45-62)60-42-58(50-25-11-4-12-26-50)41-59(43-60)54-30-16-28-52(40-54)48-21-7-2-8-22-48/h1-46H. The highest BCUT2D eigenvalue weighted by Gasteiger charge is 2.46. The Balaban J connectivity index is 1.08. The van der Waals surface area contributed by atoms with Gasteiger partial charge in [0.2, 0.25) is 0 Å². The fourth-order valence-electron chi connectivity index (χ4n) is 10.5. The normalized spacial score (nSPS) is 13.7. The van der Waals surface area contributed by atoms with Crippen LogP contribution in [0.1, 0.15) is 22.3 Å². The second kappa shape index (κ2) is 17.1. The van der Waals surface area contributed by atoms with Crippen LogP contribution in [0.15, 0.2) is 279 Å². The van der Waals surface area contributed by atoms with Crippen LogP contribution in [0.5, 0.6) is 0 Å². The van der Waals surface area contributed by atoms with E-state index in [0.717, 1.165) is 0 Å². The predicted octanol–water partition coefficient (Wildman–Crippen LogP) is 17.7. The molecule has 1 aliphatic rings. The maximum absolute atomic E-state index is 2.47. The summed E-state index contributed by atoms with van der Waals surface area (Å²) >= 11 is 0. The first-order valence-electron chi connectivity index (χ1n) is 23.2. The average molecular weight is 851 g/mol. The van der Waals surface area contributed by atoms with Gasteiger partial charge in [-0.1, -0.05) is 231 Å². The largest absolute Gasteiger partial charge is 0.0714 e. The summed E-state index contributed by atoms with van der Waals surface area (Å²) in [5, 5.41) is 0. The van der Waals surface area contributed by atoms with Crippen LogP contribution in [-0.4, -0.2) is 0 Å². The third-order valence-electron chi connectivity index (χ3n) is 13.7. The van der Waals surface area contributed by atoms with Crippen LogP contribution in [0.4, 0.5) is 0 Å². The molecule has 0 saturated heterocycles. The maximum Gasteiger partial charge on any atom is 0.0714 e. The molecule has 0 saturated carbocycles. The Morgan fingerprint density at radius 1 is 0.164 bits per heavy atom. The maximum atomic E-state index is 2.47. The van der Waals surface area contributed by atoms with Crippen molar-refractivity contribution in [1.82, 2.24) is 0 Å². The minimum Gasteiger partial charge on any atom is -0.0622 e. The molecule has 0 radical (unpaired) electrons. The van der Waals surface area contributed by atoms with Crippen molar-refractivity contribution in [3.05, 3.63) is 301 Å². The molecule has 0 aliphatic heterocycles. The van der Waals surface area contributed by atoms with E-state index in [9.17, 15) is 0 Å². The minimum absolute atomic E-state index is 0.635. The average Bonchev–Trinajstić information content (AvgIpc) is 3.72. The SMILES string of the molecule is c1ccc(-c2cccc(-c3cc(-c4ccccc4)cc(-c4cccc(C5(c6cccc(-c7cccc(-c8ccccc8)c7)c6)c6ccccc6-c6ccc(-c7ccccc7)cc65)c4)c3)c2)cc1. The molecule has 0 fully saturated rings. The zero-order chi connectivity index (χ0) is 44.6. The summed E-state index contributed by atoms with van der Waals surface area (Å²) in [5.41, 5.74) is 23.7. The summed E-state index contributed by atoms with van der Waals surface area (Å²) in [6, 6.07) is 103. The molecule has 0 spiro atoms. The van der Waals surface area contributed by atoms with E-state index in [1.54, 1.807) is 0 Å². The number of fused-ring (bicyclic) bond motifs is 3. The van der Waals surface area contributed by atoms with Crippen molar-refractivity contribution in [2.45, 2.75) is 5.41 Å². The highest BCUT2D eigenvalue weighted by molar-refractivity contribution is 5.90. The lowest BCUT2D eigenvalue weighted by Gasteiger charge is -2.35. The van der Waals surface area contributed by atoms with Crippen molar-refractivity contribution in [2.24, 2.45) is 0 Å². The van der Waals surface area contributed by atoms with Gasteiger partial charge in [-0.15, -0.1) is 0 Å². The van der Waals surface area contributed by atoms with E-state index in [2.05, 4.69) is 279 Å². The van der Waals surface area contributed by atoms with E-state index in [1.165, 1.54) is 111 Å². The van der Waals surface area contributed by atoms with Crippen molar-refractivity contribution >= 4 is 0 Å². The van der Waals surface area contributed by atoms with Gasteiger partial charge in [0, 0.05) is 0 Å². The van der Waals surface area contributed by atoms with E-state index in [0.29, 0.717) is 0 Å². The molecule has 0 N–H and O–H groups in total. The number of benzene rings is 11. The van der Waals surface area contributed by atoms with E-state index >= 15 is 0 Å². The van der Waals surface area contributed by atoms with Crippen molar-refractivity contribution in [3.63, 3.8) is 0 Å². The van der Waals surface area contributed by atoms with Gasteiger partial charge in [-0.25, -0.2) is 0 Å². The van der Waals surface area contributed by atoms with Gasteiger partial charge in [-0.2, -0.15) is 0 Å². The summed E-state index contributed by atoms with van der Waals surface area (Å²) in [6.45, 7) is 0. The Morgan fingerprint density at radius 3 is 0.955 bits per heavy atom. The molecule has 0 aromatic heterocycles. The third-order valence-corrected chi connectivity index (χ3v) is 13.7. The van der Waals surface area contributed by atoms with Gasteiger partial charge in [0.05, 0.1) is 5.41 Å². The highest BCUT2D eigenvalue weighted by Crippen LogP contribution is 2.57. The second-order valence-corrected chi connectivity index (χ2v) is 17.6. The monoisotopic (exact) mass is 850 g/mol. The summed E-state index contributed by atoms with van der Waals surface area (Å²) in [6.07, 6.45) is 0. The van der Waals surface area contributed by atoms with Crippen molar-refractivity contribution in [3.8, 4) is 89.0 Å². The predicted molar refractivity (Wildman–Crippen MR) is 282 cm³/mol. The molecular formula is C67H46. The van der Waals surface area contributed by atoms with E-state index in [-0.39, 0.29) is 0 Å². The molecule has 0 heteroatoms. The summed E-state index contributed by atoms with van der Waals surface area (Å²) < 4.78 is 0. The minimum atomic E-state index is -0.635. The van der Waals surface area contributed by atoms with Gasteiger partial charge in [0.15, 0.2) is 0 Å². The van der Waals surface area contributed by atoms with Gasteiger partial charge in [0.25, 0.3) is 0 Å². The van der Waals surface area contributed by atoms with Gasteiger partial charge in [0.1, 0.15) is 0 Å². The molecule has 11 aromatic rings. The Hall–Kier alpha value is -8.58. The fourth-order valence-corrected chi connectivity index (χ4v) is 10.5. The smallest absolute Gasteiger partial charge is 0.0622 e. The van der Waals surface area contributed by atoms with E-state index in [4.69, 9.17) is 0 Å². The molecule has 11 aromatic carbocycles. The Labute approximate surface area is 393 Å². The number of rotatable bonds is 9. The quantitative estimate of drug-likeness (QED) is 0.136. The van der Waals surface area contributed by atoms with Crippen LogP contribution >= 0.6 is 0 Å². The van der Waals surface area contributed by atoms with Crippen LogP contribution in [0.3, 0.4) is 0 Å². The van der Waals surface area contributed by atoms with Crippen LogP contribution in [-0.2, 0) is 5.41 Å². The fraction of sp³-hybridized carbons (Fsp3) is 0.0149. The molecule has 0 amide bonds. The third kappa shape index (κ3) is 7.30. The van der Waals surface area contributed by atoms with Gasteiger partial charge in [-0.05, 0) is 160 Å². The molecule has 0 nitrogen and oxygen atoms in total. The number of hydrogen-bond acceptors (Lipinski definition) is 0. The first-order chi connectivity index (χ1) is 33.2. The van der Waals surface area contributed by atoms with Crippen molar-refractivity contribution in [1.29, 1.82) is 0 Å². The summed E-state index contributed by atoms with van der Waals surface area (Å²) in [4.78, 5) is 0. The van der Waals surface area contributed by atoms with Gasteiger partial charge < -0.3 is 0 Å². The second-order valence-electron chi connectivity index (χ2n) is 17.6. The molecule has 0 bridgehead atoms. The van der Waals surface area contributed by atoms with E-state index in [1.807, 2.05) is 0 Å². The molecular weight excluding hydrogens is 805 g/mol. The molecule has 314 valence electrons. The van der Waals surface area contributed by atoms with E-state index < -0.39 is 5.41 Å². The van der Waals surface area contributed by atoms with Crippen LogP contribution in [0.25, 0.3) is 89.0 Å². The molecule has 1 atom stereocenters.